The first-order valence-corrected chi connectivity index (χ1v) is 13.2. The van der Waals surface area contributed by atoms with Gasteiger partial charge in [-0.05, 0) is 27.7 Å². The van der Waals surface area contributed by atoms with Gasteiger partial charge in [-0.25, -0.2) is 0 Å². The molecule has 1 amide bonds. The van der Waals surface area contributed by atoms with Crippen LogP contribution in [0, 0.1) is 0 Å². The lowest BCUT2D eigenvalue weighted by Gasteiger charge is -2.37. The van der Waals surface area contributed by atoms with Gasteiger partial charge in [0.25, 0.3) is 0 Å². The molecule has 0 spiro atoms. The van der Waals surface area contributed by atoms with E-state index in [4.69, 9.17) is 18.9 Å². The zero-order chi connectivity index (χ0) is 27.6. The van der Waals surface area contributed by atoms with Gasteiger partial charge < -0.3 is 44.7 Å². The molecular weight excluding hydrogens is 504 g/mol. The summed E-state index contributed by atoms with van der Waals surface area (Å²) < 4.78 is 50.2. The Morgan fingerprint density at radius 2 is 1.31 bits per heavy atom. The highest BCUT2D eigenvalue weighted by molar-refractivity contribution is 7.84. The number of aliphatic hydroxyl groups is 4. The predicted molar refractivity (Wildman–Crippen MR) is 126 cm³/mol. The number of amides is 1. The van der Waals surface area contributed by atoms with Gasteiger partial charge in [-0.3, -0.25) is 8.98 Å². The fourth-order valence-corrected chi connectivity index (χ4v) is 3.88. The first kappa shape index (κ1) is 33.0. The maximum absolute atomic E-state index is 11.1. The van der Waals surface area contributed by atoms with Crippen LogP contribution in [-0.2, 0) is 38.2 Å². The van der Waals surface area contributed by atoms with Crippen LogP contribution in [0.3, 0.4) is 0 Å². The zero-order valence-corrected chi connectivity index (χ0v) is 22.4. The van der Waals surface area contributed by atoms with Crippen molar-refractivity contribution >= 4 is 16.2 Å². The minimum absolute atomic E-state index is 0.0715. The first-order valence-electron chi connectivity index (χ1n) is 11.8. The number of hydrogen-bond acceptors (Lipinski definition) is 12. The molecule has 8 atom stereocenters. The van der Waals surface area contributed by atoms with Crippen molar-refractivity contribution in [3.63, 3.8) is 0 Å². The van der Waals surface area contributed by atoms with E-state index in [1.807, 2.05) is 13.8 Å². The summed E-state index contributed by atoms with van der Waals surface area (Å²) >= 11 is 0. The molecule has 2 saturated heterocycles. The van der Waals surface area contributed by atoms with E-state index in [-0.39, 0.29) is 43.6 Å². The molecule has 0 aromatic carbocycles. The van der Waals surface area contributed by atoms with Gasteiger partial charge in [0.15, 0.2) is 12.6 Å². The molecule has 0 saturated carbocycles. The molecule has 2 fully saturated rings. The second-order valence-corrected chi connectivity index (χ2v) is 10.6. The number of carbonyl (C=O) groups is 1. The van der Waals surface area contributed by atoms with Gasteiger partial charge in [-0.1, -0.05) is 0 Å². The molecule has 0 aliphatic carbocycles. The Balaban J connectivity index is 0.000000362. The van der Waals surface area contributed by atoms with E-state index < -0.39 is 53.4 Å². The monoisotopic (exact) mass is 546 g/mol. The molecule has 0 radical (unpaired) electrons. The molecule has 2 aliphatic rings. The minimum Gasteiger partial charge on any atom is -0.390 e. The van der Waals surface area contributed by atoms with Gasteiger partial charge in [-0.15, -0.1) is 0 Å². The highest BCUT2D eigenvalue weighted by atomic mass is 32.2. The summed E-state index contributed by atoms with van der Waals surface area (Å²) in [5.41, 5.74) is 0. The minimum atomic E-state index is -3.81. The maximum Gasteiger partial charge on any atom is 0.335 e. The Morgan fingerprint density at radius 1 is 0.889 bits per heavy atom. The summed E-state index contributed by atoms with van der Waals surface area (Å²) in [6, 6.07) is 0. The SMILES string of the molecule is CC(=O)NC[C@@H]1C[C@@H](O)[C@@H](O)[C@H](OC(C)C)O1.COS(=O)(=O)NC[C@@H]1C[C@@H](O)[C@@H](O)[C@H](OC(C)C)O1. The smallest absolute Gasteiger partial charge is 0.335 e. The Morgan fingerprint density at radius 3 is 1.67 bits per heavy atom. The third-order valence-electron chi connectivity index (χ3n) is 5.11. The van der Waals surface area contributed by atoms with Gasteiger partial charge in [-0.2, -0.15) is 13.1 Å². The van der Waals surface area contributed by atoms with Crippen LogP contribution in [0.15, 0.2) is 0 Å². The van der Waals surface area contributed by atoms with Gasteiger partial charge in [0.1, 0.15) is 12.2 Å². The average molecular weight is 547 g/mol. The maximum atomic E-state index is 11.1. The molecule has 0 aromatic rings. The molecule has 6 N–H and O–H groups in total. The summed E-state index contributed by atoms with van der Waals surface area (Å²) in [6.07, 6.45) is -6.84. The van der Waals surface area contributed by atoms with Gasteiger partial charge >= 0.3 is 10.3 Å². The molecule has 0 aromatic heterocycles. The lowest BCUT2D eigenvalue weighted by molar-refractivity contribution is -0.275. The van der Waals surface area contributed by atoms with Crippen molar-refractivity contribution in [1.82, 2.24) is 10.0 Å². The van der Waals surface area contributed by atoms with Crippen molar-refractivity contribution in [2.45, 2.75) is 109 Å². The molecule has 15 heteroatoms. The van der Waals surface area contributed by atoms with Crippen molar-refractivity contribution in [2.75, 3.05) is 20.2 Å². The Kier molecular flexibility index (Phi) is 14.2. The summed E-state index contributed by atoms with van der Waals surface area (Å²) in [6.45, 7) is 8.81. The second kappa shape index (κ2) is 15.4. The molecule has 0 bridgehead atoms. The fraction of sp³-hybridized carbons (Fsp3) is 0.952. The lowest BCUT2D eigenvalue weighted by Crippen LogP contribution is -2.52. The van der Waals surface area contributed by atoms with Crippen LogP contribution in [0.4, 0.5) is 0 Å². The Labute approximate surface area is 212 Å². The van der Waals surface area contributed by atoms with E-state index in [9.17, 15) is 33.6 Å². The Hall–Kier alpha value is -0.980. The van der Waals surface area contributed by atoms with E-state index in [2.05, 4.69) is 14.2 Å². The van der Waals surface area contributed by atoms with Crippen LogP contribution in [0.5, 0.6) is 0 Å². The molecule has 2 heterocycles. The molecule has 36 heavy (non-hydrogen) atoms. The lowest BCUT2D eigenvalue weighted by atomic mass is 10.0. The molecule has 2 rings (SSSR count). The number of carbonyl (C=O) groups excluding carboxylic acids is 1. The van der Waals surface area contributed by atoms with Crippen molar-refractivity contribution in [3.05, 3.63) is 0 Å². The third-order valence-corrected chi connectivity index (χ3v) is 6.07. The number of nitrogens with one attached hydrogen (secondary N) is 2. The van der Waals surface area contributed by atoms with Crippen molar-refractivity contribution in [1.29, 1.82) is 0 Å². The van der Waals surface area contributed by atoms with E-state index in [1.165, 1.54) is 6.92 Å². The van der Waals surface area contributed by atoms with E-state index in [0.717, 1.165) is 7.11 Å². The summed E-state index contributed by atoms with van der Waals surface area (Å²) in [4.78, 5) is 10.8. The van der Waals surface area contributed by atoms with Crippen LogP contribution in [0.1, 0.15) is 47.5 Å². The van der Waals surface area contributed by atoms with Gasteiger partial charge in [0.2, 0.25) is 5.91 Å². The molecular formula is C21H42N2O12S. The van der Waals surface area contributed by atoms with E-state index in [1.54, 1.807) is 13.8 Å². The molecule has 14 nitrogen and oxygen atoms in total. The number of aliphatic hydroxyl groups excluding tert-OH is 4. The van der Waals surface area contributed by atoms with Crippen LogP contribution < -0.4 is 10.0 Å². The van der Waals surface area contributed by atoms with E-state index >= 15 is 0 Å². The normalized spacial score (nSPS) is 33.2. The zero-order valence-electron chi connectivity index (χ0n) is 21.6. The average Bonchev–Trinajstić information content (AvgIpc) is 2.77. The first-order chi connectivity index (χ1) is 16.6. The van der Waals surface area contributed by atoms with Crippen LogP contribution in [0.2, 0.25) is 0 Å². The molecule has 214 valence electrons. The van der Waals surface area contributed by atoms with Gasteiger partial charge in [0.05, 0.1) is 43.7 Å². The fourth-order valence-electron chi connectivity index (χ4n) is 3.37. The number of hydrogen-bond donors (Lipinski definition) is 6. The van der Waals surface area contributed by atoms with E-state index in [0.29, 0.717) is 6.54 Å². The summed E-state index contributed by atoms with van der Waals surface area (Å²) in [7, 11) is -2.77. The van der Waals surface area contributed by atoms with Crippen LogP contribution >= 0.6 is 0 Å². The van der Waals surface area contributed by atoms with Crippen molar-refractivity contribution in [2.24, 2.45) is 0 Å². The number of ether oxygens (including phenoxy) is 4. The second-order valence-electron chi connectivity index (χ2n) is 9.12. The van der Waals surface area contributed by atoms with Crippen molar-refractivity contribution in [3.8, 4) is 0 Å². The van der Waals surface area contributed by atoms with Gasteiger partial charge in [0, 0.05) is 32.9 Å². The predicted octanol–water partition coefficient (Wildman–Crippen LogP) is -1.89. The van der Waals surface area contributed by atoms with Crippen LogP contribution in [0.25, 0.3) is 0 Å². The number of rotatable bonds is 10. The summed E-state index contributed by atoms with van der Waals surface area (Å²) in [5, 5.41) is 41.4. The Bertz CT molecular complexity index is 753. The highest BCUT2D eigenvalue weighted by Gasteiger charge is 2.39. The standard InChI is InChI=1S/C11H21NO5.C10H21NO7S/c1-6(2)16-11-10(15)9(14)4-8(17-11)5-12-7(3)13;1-6(2)17-10-9(13)8(12)4-7(18-10)5-11-19(14,15)16-3/h6,8-11,14-15H,4-5H2,1-3H3,(H,12,13);6-13H,4-5H2,1-3H3/t8-,9+,10+,11+;7-,8+,9+,10+/m00/s1. The topological polar surface area (TPSA) is 202 Å². The molecule has 0 unspecified atom stereocenters. The van der Waals surface area contributed by atoms with Crippen LogP contribution in [-0.4, -0.2) is 116 Å². The third kappa shape index (κ3) is 12.0. The quantitative estimate of drug-likeness (QED) is 0.178. The van der Waals surface area contributed by atoms with Crippen molar-refractivity contribution < 1.29 is 56.8 Å². The largest absolute Gasteiger partial charge is 0.390 e. The highest BCUT2D eigenvalue weighted by Crippen LogP contribution is 2.23. The summed E-state index contributed by atoms with van der Waals surface area (Å²) in [5.74, 6) is -0.157. The molecule has 2 aliphatic heterocycles.